The molecule has 0 fully saturated rings. The van der Waals surface area contributed by atoms with Gasteiger partial charge in [0.05, 0.1) is 18.3 Å². The smallest absolute Gasteiger partial charge is 0.352 e. The maximum absolute atomic E-state index is 11.7. The first-order valence-corrected chi connectivity index (χ1v) is 8.41. The van der Waals surface area contributed by atoms with Crippen LogP contribution in [0, 0.1) is 0 Å². The molecule has 2 heterocycles. The van der Waals surface area contributed by atoms with E-state index in [2.05, 4.69) is 20.3 Å². The highest BCUT2D eigenvalue weighted by Crippen LogP contribution is 2.09. The van der Waals surface area contributed by atoms with Crippen LogP contribution in [-0.2, 0) is 19.5 Å². The number of nitrogens with two attached hydrogens (primary N) is 1. The average molecular weight is 369 g/mol. The van der Waals surface area contributed by atoms with Crippen molar-refractivity contribution in [2.75, 3.05) is 5.73 Å². The number of unbranched alkanes of at least 4 members (excludes halogenated alkanes) is 1. The summed E-state index contributed by atoms with van der Waals surface area (Å²) in [6.45, 7) is 0.933. The Balaban J connectivity index is 1.46. The molecule has 10 nitrogen and oxygen atoms in total. The Morgan fingerprint density at radius 3 is 2.67 bits per heavy atom. The molecule has 27 heavy (non-hydrogen) atoms. The van der Waals surface area contributed by atoms with Crippen LogP contribution in [-0.4, -0.2) is 40.6 Å². The summed E-state index contributed by atoms with van der Waals surface area (Å²) in [7, 11) is 0. The molecule has 0 atom stereocenters. The fourth-order valence-electron chi connectivity index (χ4n) is 2.59. The minimum Gasteiger partial charge on any atom is -0.478 e. The minimum atomic E-state index is -0.920. The largest absolute Gasteiger partial charge is 0.478 e. The molecule has 0 aliphatic heterocycles. The van der Waals surface area contributed by atoms with Crippen molar-refractivity contribution in [2.45, 2.75) is 32.4 Å². The van der Waals surface area contributed by atoms with Crippen LogP contribution in [0.15, 0.2) is 41.6 Å². The maximum atomic E-state index is 11.7. The number of nitrogen functional groups attached to an aromatic ring is 1. The van der Waals surface area contributed by atoms with Crippen molar-refractivity contribution in [3.8, 4) is 0 Å². The molecule has 0 saturated heterocycles. The van der Waals surface area contributed by atoms with Gasteiger partial charge in [-0.3, -0.25) is 9.25 Å². The summed E-state index contributed by atoms with van der Waals surface area (Å²) in [4.78, 5) is 29.9. The predicted molar refractivity (Wildman–Crippen MR) is 96.2 cm³/mol. The van der Waals surface area contributed by atoms with Gasteiger partial charge >= 0.3 is 11.7 Å². The number of anilines is 1. The Hall–Kier alpha value is -3.56. The molecule has 140 valence electrons. The van der Waals surface area contributed by atoms with E-state index in [9.17, 15) is 9.59 Å². The van der Waals surface area contributed by atoms with E-state index >= 15 is 0 Å². The third kappa shape index (κ3) is 4.97. The molecule has 10 heteroatoms. The van der Waals surface area contributed by atoms with Crippen LogP contribution in [0.5, 0.6) is 0 Å². The summed E-state index contributed by atoms with van der Waals surface area (Å²) < 4.78 is 3.04. The number of hydrogen-bond acceptors (Lipinski definition) is 7. The Kier molecular flexibility index (Phi) is 5.55. The van der Waals surface area contributed by atoms with Gasteiger partial charge in [-0.15, -0.1) is 5.10 Å². The monoisotopic (exact) mass is 369 g/mol. The van der Waals surface area contributed by atoms with Gasteiger partial charge in [-0.1, -0.05) is 17.3 Å². The van der Waals surface area contributed by atoms with Crippen LogP contribution in [0.3, 0.4) is 0 Å². The lowest BCUT2D eigenvalue weighted by Gasteiger charge is -2.03. The van der Waals surface area contributed by atoms with Gasteiger partial charge in [-0.25, -0.2) is 14.6 Å². The molecule has 3 aromatic rings. The van der Waals surface area contributed by atoms with E-state index in [1.165, 1.54) is 10.9 Å². The average Bonchev–Trinajstić information content (AvgIpc) is 3.09. The number of carbonyl (C=O) groups is 1. The predicted octanol–water partition coefficient (Wildman–Crippen LogP) is 0.581. The first kappa shape index (κ1) is 18.2. The van der Waals surface area contributed by atoms with Gasteiger partial charge in [-0.05, 0) is 37.0 Å². The fourth-order valence-corrected chi connectivity index (χ4v) is 2.59. The number of carboxylic acid groups (broad SMARTS) is 1. The molecular formula is C17H19N7O3. The number of aromatic carboxylic acids is 1. The van der Waals surface area contributed by atoms with Gasteiger partial charge in [0.25, 0.3) is 0 Å². The van der Waals surface area contributed by atoms with Crippen molar-refractivity contribution in [2.24, 2.45) is 0 Å². The van der Waals surface area contributed by atoms with E-state index in [0.29, 0.717) is 17.8 Å². The second-order valence-corrected chi connectivity index (χ2v) is 6.06. The second kappa shape index (κ2) is 8.21. The summed E-state index contributed by atoms with van der Waals surface area (Å²) in [5.74, 6) is -0.978. The van der Waals surface area contributed by atoms with Gasteiger partial charge in [0.15, 0.2) is 0 Å². The minimum absolute atomic E-state index is 0.0579. The lowest BCUT2D eigenvalue weighted by molar-refractivity contribution is 0.0697. The second-order valence-electron chi connectivity index (χ2n) is 6.06. The van der Waals surface area contributed by atoms with E-state index in [4.69, 9.17) is 10.8 Å². The van der Waals surface area contributed by atoms with E-state index in [1.807, 2.05) is 12.1 Å². The van der Waals surface area contributed by atoms with Gasteiger partial charge in [0.2, 0.25) is 5.95 Å². The topological polar surface area (TPSA) is 142 Å². The van der Waals surface area contributed by atoms with Crippen LogP contribution in [0.4, 0.5) is 5.95 Å². The number of carboxylic acids is 1. The maximum Gasteiger partial charge on any atom is 0.352 e. The summed E-state index contributed by atoms with van der Waals surface area (Å²) in [6, 6.07) is 6.90. The van der Waals surface area contributed by atoms with Crippen LogP contribution in [0.2, 0.25) is 0 Å². The van der Waals surface area contributed by atoms with Crippen molar-refractivity contribution in [3.63, 3.8) is 0 Å². The lowest BCUT2D eigenvalue weighted by atomic mass is 10.1. The molecule has 3 N–H and O–H groups in total. The first-order chi connectivity index (χ1) is 13.0. The molecule has 3 rings (SSSR count). The molecular weight excluding hydrogens is 350 g/mol. The van der Waals surface area contributed by atoms with Gasteiger partial charge in [-0.2, -0.15) is 4.98 Å². The molecule has 0 spiro atoms. The molecule has 0 amide bonds. The molecule has 0 aliphatic rings. The Labute approximate surface area is 154 Å². The quantitative estimate of drug-likeness (QED) is 0.549. The highest BCUT2D eigenvalue weighted by atomic mass is 16.4. The van der Waals surface area contributed by atoms with Crippen molar-refractivity contribution in [3.05, 3.63) is 64.1 Å². The van der Waals surface area contributed by atoms with Gasteiger partial charge in [0, 0.05) is 6.54 Å². The number of aryl methyl sites for hydroxylation is 2. The zero-order chi connectivity index (χ0) is 19.2. The third-order valence-electron chi connectivity index (χ3n) is 4.01. The molecule has 0 aliphatic carbocycles. The van der Waals surface area contributed by atoms with E-state index in [1.54, 1.807) is 23.0 Å². The summed E-state index contributed by atoms with van der Waals surface area (Å²) in [5, 5.41) is 17.0. The third-order valence-corrected chi connectivity index (χ3v) is 4.01. The number of rotatable bonds is 8. The molecule has 2 aromatic heterocycles. The number of benzene rings is 1. The molecule has 0 saturated carbocycles. The zero-order valence-corrected chi connectivity index (χ0v) is 14.5. The molecule has 1 aromatic carbocycles. The van der Waals surface area contributed by atoms with Crippen LogP contribution < -0.4 is 11.4 Å². The first-order valence-electron chi connectivity index (χ1n) is 8.41. The number of nitrogens with zero attached hydrogens (tertiary/aromatic N) is 6. The van der Waals surface area contributed by atoms with Crippen molar-refractivity contribution in [1.29, 1.82) is 0 Å². The van der Waals surface area contributed by atoms with Gasteiger partial charge in [0.1, 0.15) is 12.0 Å². The van der Waals surface area contributed by atoms with E-state index in [0.717, 1.165) is 24.8 Å². The molecule has 0 unspecified atom stereocenters. The highest BCUT2D eigenvalue weighted by Gasteiger charge is 2.05. The number of hydrogen-bond donors (Lipinski definition) is 2. The van der Waals surface area contributed by atoms with Crippen molar-refractivity contribution in [1.82, 2.24) is 29.5 Å². The fraction of sp³-hybridized carbons (Fsp3) is 0.294. The van der Waals surface area contributed by atoms with Crippen LogP contribution >= 0.6 is 0 Å². The van der Waals surface area contributed by atoms with E-state index in [-0.39, 0.29) is 12.5 Å². The SMILES string of the molecule is Nc1ncn(Cc2cn(CCCCc3ccc(C(=O)O)cc3)nn2)c(=O)n1. The number of aromatic nitrogens is 6. The van der Waals surface area contributed by atoms with Crippen LogP contribution in [0.25, 0.3) is 0 Å². The summed E-state index contributed by atoms with van der Waals surface area (Å²) in [6.07, 6.45) is 5.81. The Bertz CT molecular complexity index is 979. The Morgan fingerprint density at radius 1 is 1.19 bits per heavy atom. The van der Waals surface area contributed by atoms with E-state index < -0.39 is 11.7 Å². The standard InChI is InChI=1S/C17H19N7O3/c18-16-19-11-23(17(27)20-16)9-14-10-24(22-21-14)8-2-1-3-12-4-6-13(7-5-12)15(25)26/h4-7,10-11H,1-3,8-9H2,(H,25,26)(H2,18,20,27). The lowest BCUT2D eigenvalue weighted by Crippen LogP contribution is -2.25. The van der Waals surface area contributed by atoms with Crippen molar-refractivity contribution < 1.29 is 9.90 Å². The van der Waals surface area contributed by atoms with Crippen LogP contribution in [0.1, 0.15) is 34.5 Å². The highest BCUT2D eigenvalue weighted by molar-refractivity contribution is 5.87. The normalized spacial score (nSPS) is 10.8. The molecule has 0 radical (unpaired) electrons. The Morgan fingerprint density at radius 2 is 1.96 bits per heavy atom. The van der Waals surface area contributed by atoms with Crippen molar-refractivity contribution >= 4 is 11.9 Å². The summed E-state index contributed by atoms with van der Waals surface area (Å²) in [5.41, 5.74) is 6.91. The zero-order valence-electron chi connectivity index (χ0n) is 14.5. The summed E-state index contributed by atoms with van der Waals surface area (Å²) >= 11 is 0. The molecule has 0 bridgehead atoms. The van der Waals surface area contributed by atoms with Gasteiger partial charge < -0.3 is 10.8 Å².